The zero-order chi connectivity index (χ0) is 19.4. The Balaban J connectivity index is 1.99. The van der Waals surface area contributed by atoms with Crippen LogP contribution in [0.3, 0.4) is 0 Å². The van der Waals surface area contributed by atoms with E-state index in [1.807, 2.05) is 13.8 Å². The fourth-order valence-electron chi connectivity index (χ4n) is 4.35. The standard InChI is InChI=1S/C20H26O6/c1-6-10(2)17(22)25-14-8-7-13-9-20(24)15(11(3)18(23)26-20)16(21)19(13,5)12(14)4/h6,9,12,14,16,21,24H,7-8H2,1-5H3/b10-6-/t12-,14-,16+,19+,20+/m0/s1. The Kier molecular flexibility index (Phi) is 4.40. The van der Waals surface area contributed by atoms with Crippen molar-refractivity contribution in [3.8, 4) is 0 Å². The van der Waals surface area contributed by atoms with Gasteiger partial charge < -0.3 is 19.7 Å². The van der Waals surface area contributed by atoms with Gasteiger partial charge in [0.1, 0.15) is 6.10 Å². The Morgan fingerprint density at radius 1 is 1.46 bits per heavy atom. The van der Waals surface area contributed by atoms with Crippen LogP contribution in [-0.4, -0.2) is 40.1 Å². The molecule has 2 N–H and O–H groups in total. The molecule has 0 spiro atoms. The maximum Gasteiger partial charge on any atom is 0.337 e. The zero-order valence-electron chi connectivity index (χ0n) is 15.8. The van der Waals surface area contributed by atoms with Crippen LogP contribution in [-0.2, 0) is 19.1 Å². The molecule has 0 aromatic heterocycles. The smallest absolute Gasteiger partial charge is 0.337 e. The van der Waals surface area contributed by atoms with Crippen molar-refractivity contribution in [1.29, 1.82) is 0 Å². The van der Waals surface area contributed by atoms with Gasteiger partial charge in [-0.05, 0) is 39.7 Å². The van der Waals surface area contributed by atoms with Gasteiger partial charge in [0.05, 0.1) is 6.10 Å². The normalized spacial score (nSPS) is 39.8. The van der Waals surface area contributed by atoms with Crippen molar-refractivity contribution in [3.63, 3.8) is 0 Å². The average molecular weight is 362 g/mol. The molecular weight excluding hydrogens is 336 g/mol. The highest BCUT2D eigenvalue weighted by molar-refractivity contribution is 5.93. The second-order valence-corrected chi connectivity index (χ2v) is 7.72. The summed E-state index contributed by atoms with van der Waals surface area (Å²) in [7, 11) is 0. The number of carbonyl (C=O) groups excluding carboxylic acids is 2. The van der Waals surface area contributed by atoms with E-state index in [1.165, 1.54) is 0 Å². The summed E-state index contributed by atoms with van der Waals surface area (Å²) >= 11 is 0. The van der Waals surface area contributed by atoms with E-state index in [0.717, 1.165) is 5.57 Å². The number of allylic oxidation sites excluding steroid dienone is 1. The Morgan fingerprint density at radius 2 is 2.12 bits per heavy atom. The van der Waals surface area contributed by atoms with Crippen LogP contribution in [0, 0.1) is 11.3 Å². The summed E-state index contributed by atoms with van der Waals surface area (Å²) in [6, 6.07) is 0. The molecule has 0 unspecified atom stereocenters. The quantitative estimate of drug-likeness (QED) is 0.444. The van der Waals surface area contributed by atoms with Crippen molar-refractivity contribution in [2.24, 2.45) is 11.3 Å². The van der Waals surface area contributed by atoms with Crippen LogP contribution < -0.4 is 0 Å². The molecule has 3 rings (SSSR count). The summed E-state index contributed by atoms with van der Waals surface area (Å²) in [5, 5.41) is 21.9. The molecule has 5 atom stereocenters. The zero-order valence-corrected chi connectivity index (χ0v) is 15.8. The number of ether oxygens (including phenoxy) is 2. The summed E-state index contributed by atoms with van der Waals surface area (Å²) in [6.45, 7) is 8.84. The summed E-state index contributed by atoms with van der Waals surface area (Å²) in [5.41, 5.74) is 1.02. The molecule has 0 aromatic carbocycles. The SMILES string of the molecule is C/C=C(/C)C(=O)O[C@H]1CCC2=C[C@@]3(O)OC(=O)C(C)=C3[C@@H](O)[C@]2(C)[C@H]1C. The van der Waals surface area contributed by atoms with Crippen LogP contribution in [0.4, 0.5) is 0 Å². The number of esters is 2. The number of aliphatic hydroxyl groups excluding tert-OH is 1. The van der Waals surface area contributed by atoms with Crippen LogP contribution in [0.5, 0.6) is 0 Å². The van der Waals surface area contributed by atoms with E-state index >= 15 is 0 Å². The van der Waals surface area contributed by atoms with E-state index in [1.54, 1.807) is 32.9 Å². The first-order chi connectivity index (χ1) is 12.1. The van der Waals surface area contributed by atoms with Gasteiger partial charge in [0.2, 0.25) is 0 Å². The Bertz CT molecular complexity index is 760. The van der Waals surface area contributed by atoms with Crippen LogP contribution >= 0.6 is 0 Å². The minimum atomic E-state index is -1.87. The van der Waals surface area contributed by atoms with E-state index in [9.17, 15) is 19.8 Å². The fourth-order valence-corrected chi connectivity index (χ4v) is 4.35. The predicted molar refractivity (Wildman–Crippen MR) is 93.6 cm³/mol. The highest BCUT2D eigenvalue weighted by Crippen LogP contribution is 2.56. The molecule has 1 heterocycles. The first-order valence-electron chi connectivity index (χ1n) is 8.97. The highest BCUT2D eigenvalue weighted by atomic mass is 16.7. The van der Waals surface area contributed by atoms with Crippen LogP contribution in [0.2, 0.25) is 0 Å². The number of aliphatic hydroxyl groups is 2. The molecule has 1 fully saturated rings. The van der Waals surface area contributed by atoms with Gasteiger partial charge in [-0.3, -0.25) is 0 Å². The summed E-state index contributed by atoms with van der Waals surface area (Å²) in [4.78, 5) is 24.1. The maximum absolute atomic E-state index is 12.2. The molecule has 0 amide bonds. The Labute approximate surface area is 153 Å². The minimum absolute atomic E-state index is 0.192. The first kappa shape index (κ1) is 18.9. The maximum atomic E-state index is 12.2. The highest BCUT2D eigenvalue weighted by Gasteiger charge is 2.60. The molecule has 1 saturated carbocycles. The van der Waals surface area contributed by atoms with Gasteiger partial charge >= 0.3 is 11.9 Å². The van der Waals surface area contributed by atoms with Crippen LogP contribution in [0.25, 0.3) is 0 Å². The molecule has 0 saturated heterocycles. The number of hydrogen-bond acceptors (Lipinski definition) is 6. The minimum Gasteiger partial charge on any atom is -0.459 e. The third-order valence-electron chi connectivity index (χ3n) is 6.46. The Morgan fingerprint density at radius 3 is 2.73 bits per heavy atom. The number of carbonyl (C=O) groups is 2. The predicted octanol–water partition coefficient (Wildman–Crippen LogP) is 2.16. The Hall–Kier alpha value is -1.92. The molecule has 0 bridgehead atoms. The van der Waals surface area contributed by atoms with Gasteiger partial charge in [-0.25, -0.2) is 9.59 Å². The first-order valence-corrected chi connectivity index (χ1v) is 8.97. The lowest BCUT2D eigenvalue weighted by Gasteiger charge is -2.52. The summed E-state index contributed by atoms with van der Waals surface area (Å²) in [6.07, 6.45) is 2.91. The molecule has 6 nitrogen and oxygen atoms in total. The van der Waals surface area contributed by atoms with Crippen molar-refractivity contribution >= 4 is 11.9 Å². The topological polar surface area (TPSA) is 93.1 Å². The van der Waals surface area contributed by atoms with Crippen molar-refractivity contribution in [3.05, 3.63) is 34.4 Å². The third-order valence-corrected chi connectivity index (χ3v) is 6.46. The van der Waals surface area contributed by atoms with E-state index in [4.69, 9.17) is 9.47 Å². The summed E-state index contributed by atoms with van der Waals surface area (Å²) in [5.74, 6) is -3.07. The molecular formula is C20H26O6. The number of hydrogen-bond donors (Lipinski definition) is 2. The molecule has 1 aliphatic heterocycles. The van der Waals surface area contributed by atoms with Gasteiger partial charge in [-0.2, -0.15) is 0 Å². The molecule has 0 radical (unpaired) electrons. The largest absolute Gasteiger partial charge is 0.459 e. The molecule has 2 aliphatic carbocycles. The van der Waals surface area contributed by atoms with Crippen molar-refractivity contribution in [2.45, 2.75) is 65.5 Å². The lowest BCUT2D eigenvalue weighted by Crippen LogP contribution is -2.55. The summed E-state index contributed by atoms with van der Waals surface area (Å²) < 4.78 is 10.8. The lowest BCUT2D eigenvalue weighted by molar-refractivity contribution is -0.177. The molecule has 6 heteroatoms. The second kappa shape index (κ2) is 6.06. The fraction of sp³-hybridized carbons (Fsp3) is 0.600. The monoisotopic (exact) mass is 362 g/mol. The van der Waals surface area contributed by atoms with E-state index < -0.39 is 23.3 Å². The number of fused-ring (bicyclic) bond motifs is 2. The van der Waals surface area contributed by atoms with E-state index in [-0.39, 0.29) is 29.1 Å². The van der Waals surface area contributed by atoms with Crippen molar-refractivity contribution in [1.82, 2.24) is 0 Å². The van der Waals surface area contributed by atoms with Crippen LogP contribution in [0.1, 0.15) is 47.5 Å². The molecule has 0 aromatic rings. The van der Waals surface area contributed by atoms with Gasteiger partial charge in [-0.1, -0.05) is 25.5 Å². The third kappa shape index (κ3) is 2.47. The molecule has 26 heavy (non-hydrogen) atoms. The van der Waals surface area contributed by atoms with E-state index in [2.05, 4.69) is 0 Å². The van der Waals surface area contributed by atoms with Gasteiger partial charge in [-0.15, -0.1) is 0 Å². The van der Waals surface area contributed by atoms with Crippen LogP contribution in [0.15, 0.2) is 34.4 Å². The molecule has 142 valence electrons. The van der Waals surface area contributed by atoms with Gasteiger partial charge in [0.15, 0.2) is 0 Å². The van der Waals surface area contributed by atoms with Gasteiger partial charge in [0, 0.05) is 28.1 Å². The lowest BCUT2D eigenvalue weighted by atomic mass is 9.56. The second-order valence-electron chi connectivity index (χ2n) is 7.72. The van der Waals surface area contributed by atoms with Crippen molar-refractivity contribution in [2.75, 3.05) is 0 Å². The van der Waals surface area contributed by atoms with E-state index in [0.29, 0.717) is 18.4 Å². The van der Waals surface area contributed by atoms with Crippen molar-refractivity contribution < 1.29 is 29.3 Å². The average Bonchev–Trinajstić information content (AvgIpc) is 2.81. The molecule has 3 aliphatic rings. The van der Waals surface area contributed by atoms with Gasteiger partial charge in [0.25, 0.3) is 5.79 Å². The number of rotatable bonds is 2.